The van der Waals surface area contributed by atoms with Gasteiger partial charge in [0.1, 0.15) is 5.82 Å². The Morgan fingerprint density at radius 3 is 2.89 bits per heavy atom. The molecular formula is C13H17BrN4O. The van der Waals surface area contributed by atoms with Crippen LogP contribution >= 0.6 is 15.9 Å². The number of amides is 1. The van der Waals surface area contributed by atoms with Gasteiger partial charge in [0.05, 0.1) is 5.56 Å². The van der Waals surface area contributed by atoms with Crippen LogP contribution in [0, 0.1) is 0 Å². The summed E-state index contributed by atoms with van der Waals surface area (Å²) in [6.07, 6.45) is 0. The van der Waals surface area contributed by atoms with Gasteiger partial charge in [-0.2, -0.15) is 0 Å². The number of halogens is 1. The summed E-state index contributed by atoms with van der Waals surface area (Å²) < 4.78 is 0.945. The summed E-state index contributed by atoms with van der Waals surface area (Å²) in [6.45, 7) is 1.38. The number of fused-ring (bicyclic) bond motifs is 1. The minimum Gasteiger partial charge on any atom is -0.385 e. The molecule has 5 nitrogen and oxygen atoms in total. The fraction of sp³-hybridized carbons (Fsp3) is 0.308. The van der Waals surface area contributed by atoms with Crippen LogP contribution in [0.3, 0.4) is 0 Å². The third-order valence-corrected chi connectivity index (χ3v) is 3.35. The molecule has 0 bridgehead atoms. The lowest BCUT2D eigenvalue weighted by Crippen LogP contribution is -2.31. The number of hydrogen-bond acceptors (Lipinski definition) is 3. The van der Waals surface area contributed by atoms with Crippen molar-refractivity contribution in [2.45, 2.75) is 0 Å². The number of carbonyl (C=O) groups excluding carboxylic acids is 1. The van der Waals surface area contributed by atoms with Crippen molar-refractivity contribution < 1.29 is 4.79 Å². The van der Waals surface area contributed by atoms with Gasteiger partial charge in [-0.3, -0.25) is 4.79 Å². The molecule has 2 rings (SSSR count). The monoisotopic (exact) mass is 324 g/mol. The first-order chi connectivity index (χ1) is 8.99. The number of carbonyl (C=O) groups is 1. The Morgan fingerprint density at radius 1 is 1.47 bits per heavy atom. The predicted octanol–water partition coefficient (Wildman–Crippen LogP) is 1.80. The number of benzene rings is 1. The summed E-state index contributed by atoms with van der Waals surface area (Å²) in [6, 6.07) is 5.68. The maximum Gasteiger partial charge on any atom is 0.255 e. The molecule has 0 unspecified atom stereocenters. The van der Waals surface area contributed by atoms with Crippen LogP contribution in [0.15, 0.2) is 22.7 Å². The molecule has 0 saturated heterocycles. The van der Waals surface area contributed by atoms with E-state index in [1.807, 2.05) is 37.2 Å². The summed E-state index contributed by atoms with van der Waals surface area (Å²) in [5, 5.41) is 3.71. The Labute approximate surface area is 120 Å². The van der Waals surface area contributed by atoms with Gasteiger partial charge in [0, 0.05) is 28.5 Å². The van der Waals surface area contributed by atoms with Crippen molar-refractivity contribution in [1.29, 1.82) is 0 Å². The van der Waals surface area contributed by atoms with E-state index in [0.717, 1.165) is 21.9 Å². The lowest BCUT2D eigenvalue weighted by Gasteiger charge is -2.10. The summed E-state index contributed by atoms with van der Waals surface area (Å²) in [5.41, 5.74) is 7.26. The van der Waals surface area contributed by atoms with Crippen LogP contribution in [0.2, 0.25) is 0 Å². The van der Waals surface area contributed by atoms with Crippen molar-refractivity contribution in [2.24, 2.45) is 0 Å². The molecule has 0 aliphatic carbocycles. The molecule has 6 heteroatoms. The number of hydrogen-bond donors (Lipinski definition) is 3. The Bertz CT molecular complexity index is 606. The second-order valence-corrected chi connectivity index (χ2v) is 5.58. The van der Waals surface area contributed by atoms with Gasteiger partial charge in [-0.25, -0.2) is 0 Å². The zero-order chi connectivity index (χ0) is 14.0. The molecule has 0 atom stereocenters. The summed E-state index contributed by atoms with van der Waals surface area (Å²) in [4.78, 5) is 17.2. The highest BCUT2D eigenvalue weighted by Gasteiger charge is 2.16. The van der Waals surface area contributed by atoms with Gasteiger partial charge in [-0.05, 0) is 26.2 Å². The maximum absolute atomic E-state index is 12.2. The van der Waals surface area contributed by atoms with E-state index in [1.165, 1.54) is 0 Å². The standard InChI is InChI=1S/C13H17BrN4O/c1-18(2)6-5-16-13(19)11-9-4-3-8(14)7-10(9)17-12(11)15/h3-4,7,17H,5-6,15H2,1-2H3,(H,16,19). The minimum atomic E-state index is -0.145. The Balaban J connectivity index is 2.24. The minimum absolute atomic E-state index is 0.145. The third kappa shape index (κ3) is 3.08. The number of nitrogens with zero attached hydrogens (tertiary/aromatic N) is 1. The number of nitrogens with one attached hydrogen (secondary N) is 2. The number of H-pyrrole nitrogens is 1. The van der Waals surface area contributed by atoms with Crippen LogP contribution in [0.25, 0.3) is 10.9 Å². The number of nitrogen functional groups attached to an aromatic ring is 1. The van der Waals surface area contributed by atoms with E-state index < -0.39 is 0 Å². The van der Waals surface area contributed by atoms with Crippen LogP contribution in [-0.2, 0) is 0 Å². The van der Waals surface area contributed by atoms with E-state index in [1.54, 1.807) is 0 Å². The molecule has 4 N–H and O–H groups in total. The average Bonchev–Trinajstić information content (AvgIpc) is 2.63. The Hall–Kier alpha value is -1.53. The molecule has 19 heavy (non-hydrogen) atoms. The smallest absolute Gasteiger partial charge is 0.255 e. The van der Waals surface area contributed by atoms with Crippen molar-refractivity contribution >= 4 is 38.6 Å². The van der Waals surface area contributed by atoms with Crippen LogP contribution in [0.4, 0.5) is 5.82 Å². The van der Waals surface area contributed by atoms with Gasteiger partial charge < -0.3 is 20.9 Å². The molecule has 0 fully saturated rings. The zero-order valence-corrected chi connectivity index (χ0v) is 12.5. The number of likely N-dealkylation sites (N-methyl/N-ethyl adjacent to an activating group) is 1. The van der Waals surface area contributed by atoms with Gasteiger partial charge in [0.15, 0.2) is 0 Å². The van der Waals surface area contributed by atoms with Gasteiger partial charge in [0.2, 0.25) is 0 Å². The second-order valence-electron chi connectivity index (χ2n) is 4.66. The van der Waals surface area contributed by atoms with Crippen LogP contribution < -0.4 is 11.1 Å². The largest absolute Gasteiger partial charge is 0.385 e. The SMILES string of the molecule is CN(C)CCNC(=O)c1c(N)[nH]c2cc(Br)ccc12. The highest BCUT2D eigenvalue weighted by atomic mass is 79.9. The van der Waals surface area contributed by atoms with Gasteiger partial charge in [-0.1, -0.05) is 22.0 Å². The Morgan fingerprint density at radius 2 is 2.21 bits per heavy atom. The summed E-state index contributed by atoms with van der Waals surface area (Å²) in [5.74, 6) is 0.253. The quantitative estimate of drug-likeness (QED) is 0.802. The number of aromatic nitrogens is 1. The lowest BCUT2D eigenvalue weighted by atomic mass is 10.1. The summed E-state index contributed by atoms with van der Waals surface area (Å²) >= 11 is 3.39. The molecule has 0 spiro atoms. The summed E-state index contributed by atoms with van der Waals surface area (Å²) in [7, 11) is 3.92. The second kappa shape index (κ2) is 5.63. The Kier molecular flexibility index (Phi) is 4.11. The number of anilines is 1. The third-order valence-electron chi connectivity index (χ3n) is 2.86. The molecule has 0 aliphatic heterocycles. The molecule has 0 radical (unpaired) electrons. The first-order valence-corrected chi connectivity index (χ1v) is 6.78. The van der Waals surface area contributed by atoms with Crippen molar-refractivity contribution in [3.05, 3.63) is 28.2 Å². The fourth-order valence-electron chi connectivity index (χ4n) is 1.92. The maximum atomic E-state index is 12.2. The number of aromatic amines is 1. The van der Waals surface area contributed by atoms with E-state index in [-0.39, 0.29) is 5.91 Å². The lowest BCUT2D eigenvalue weighted by molar-refractivity contribution is 0.0953. The first-order valence-electron chi connectivity index (χ1n) is 5.98. The van der Waals surface area contributed by atoms with Crippen molar-refractivity contribution in [3.63, 3.8) is 0 Å². The fourth-order valence-corrected chi connectivity index (χ4v) is 2.28. The molecule has 0 aliphatic rings. The number of nitrogens with two attached hydrogens (primary N) is 1. The van der Waals surface area contributed by atoms with Crippen LogP contribution in [0.5, 0.6) is 0 Å². The van der Waals surface area contributed by atoms with Gasteiger partial charge in [0.25, 0.3) is 5.91 Å². The van der Waals surface area contributed by atoms with Crippen molar-refractivity contribution in [3.8, 4) is 0 Å². The molecule has 1 aromatic heterocycles. The molecule has 0 saturated carbocycles. The highest BCUT2D eigenvalue weighted by molar-refractivity contribution is 9.10. The molecule has 2 aromatic rings. The van der Waals surface area contributed by atoms with Gasteiger partial charge in [-0.15, -0.1) is 0 Å². The molecule has 102 valence electrons. The van der Waals surface area contributed by atoms with E-state index in [9.17, 15) is 4.79 Å². The van der Waals surface area contributed by atoms with E-state index in [0.29, 0.717) is 17.9 Å². The zero-order valence-electron chi connectivity index (χ0n) is 11.0. The van der Waals surface area contributed by atoms with Crippen LogP contribution in [0.1, 0.15) is 10.4 Å². The van der Waals surface area contributed by atoms with Gasteiger partial charge >= 0.3 is 0 Å². The molecular weight excluding hydrogens is 308 g/mol. The highest BCUT2D eigenvalue weighted by Crippen LogP contribution is 2.26. The molecule has 1 amide bonds. The van der Waals surface area contributed by atoms with E-state index >= 15 is 0 Å². The predicted molar refractivity (Wildman–Crippen MR) is 81.3 cm³/mol. The topological polar surface area (TPSA) is 74.2 Å². The normalized spacial score (nSPS) is 11.2. The van der Waals surface area contributed by atoms with Crippen molar-refractivity contribution in [2.75, 3.05) is 32.9 Å². The number of rotatable bonds is 4. The molecule has 1 aromatic carbocycles. The van der Waals surface area contributed by atoms with E-state index in [4.69, 9.17) is 5.73 Å². The molecule has 1 heterocycles. The van der Waals surface area contributed by atoms with Crippen LogP contribution in [-0.4, -0.2) is 43.0 Å². The first kappa shape index (κ1) is 13.9. The van der Waals surface area contributed by atoms with Crippen molar-refractivity contribution in [1.82, 2.24) is 15.2 Å². The average molecular weight is 325 g/mol. The van der Waals surface area contributed by atoms with E-state index in [2.05, 4.69) is 26.2 Å².